The van der Waals surface area contributed by atoms with Gasteiger partial charge >= 0.3 is 0 Å². The van der Waals surface area contributed by atoms with Gasteiger partial charge < -0.3 is 4.98 Å². The molecule has 2 heterocycles. The minimum atomic E-state index is 0.754. The summed E-state index contributed by atoms with van der Waals surface area (Å²) in [5.41, 5.74) is 8.62. The fraction of sp³-hybridized carbons (Fsp3) is 0.192. The zero-order valence-electron chi connectivity index (χ0n) is 18.2. The highest BCUT2D eigenvalue weighted by molar-refractivity contribution is 6.01. The number of hydrogen-bond donors (Lipinski definition) is 1. The zero-order chi connectivity index (χ0) is 21.6. The summed E-state index contributed by atoms with van der Waals surface area (Å²) >= 11 is 0. The predicted molar refractivity (Wildman–Crippen MR) is 131 cm³/mol. The fourth-order valence-electron chi connectivity index (χ4n) is 3.63. The van der Waals surface area contributed by atoms with Gasteiger partial charge in [-0.15, -0.1) is 0 Å². The molecule has 0 fully saturated rings. The van der Waals surface area contributed by atoms with E-state index in [9.17, 15) is 0 Å². The van der Waals surface area contributed by atoms with Crippen LogP contribution in [0.2, 0.25) is 0 Å². The lowest BCUT2D eigenvalue weighted by atomic mass is 10.0. The van der Waals surface area contributed by atoms with Gasteiger partial charge in [0, 0.05) is 23.0 Å². The van der Waals surface area contributed by atoms with E-state index in [0.717, 1.165) is 50.9 Å². The summed E-state index contributed by atoms with van der Waals surface area (Å²) in [7, 11) is 0. The van der Waals surface area contributed by atoms with E-state index in [1.54, 1.807) is 12.3 Å². The molecule has 0 aliphatic rings. The van der Waals surface area contributed by atoms with E-state index in [-0.39, 0.29) is 0 Å². The number of aromatic nitrogens is 2. The monoisotopic (exact) mass is 385 g/mol. The highest BCUT2D eigenvalue weighted by atomic mass is 15.1. The number of aromatic amines is 1. The molecule has 0 spiro atoms. The molecule has 0 saturated heterocycles. The second kappa shape index (κ2) is 9.74. The maximum absolute atomic E-state index is 4.63. The first-order chi connectivity index (χ1) is 14.0. The summed E-state index contributed by atoms with van der Waals surface area (Å²) < 4.78 is 2.14. The van der Waals surface area contributed by atoms with Crippen LogP contribution in [0.1, 0.15) is 54.4 Å². The number of allylic oxidation sites excluding steroid dienone is 4. The molecule has 2 aromatic rings. The van der Waals surface area contributed by atoms with Crippen LogP contribution in [-0.4, -0.2) is 15.4 Å². The normalized spacial score (nSPS) is 12.5. The number of hydrogen-bond acceptors (Lipinski definition) is 1. The Balaban J connectivity index is 3.05. The molecule has 0 atom stereocenters. The Hall–Kier alpha value is -3.33. The van der Waals surface area contributed by atoms with Gasteiger partial charge in [0.05, 0.1) is 17.1 Å². The van der Waals surface area contributed by atoms with E-state index in [4.69, 9.17) is 0 Å². The highest BCUT2D eigenvalue weighted by Gasteiger charge is 2.24. The van der Waals surface area contributed by atoms with Crippen molar-refractivity contribution in [3.8, 4) is 11.4 Å². The summed E-state index contributed by atoms with van der Waals surface area (Å²) in [6.07, 6.45) is 17.5. The molecule has 0 unspecified atom stereocenters. The summed E-state index contributed by atoms with van der Waals surface area (Å²) in [4.78, 5) is 8.23. The number of nitrogens with zero attached hydrogens (tertiary/aromatic N) is 2. The van der Waals surface area contributed by atoms with Crippen molar-refractivity contribution in [1.29, 1.82) is 0 Å². The van der Waals surface area contributed by atoms with Crippen LogP contribution < -0.4 is 0 Å². The van der Waals surface area contributed by atoms with Crippen molar-refractivity contribution in [3.05, 3.63) is 83.9 Å². The molecular formula is C26H31N3. The summed E-state index contributed by atoms with van der Waals surface area (Å²) in [5.74, 6) is 0.754. The van der Waals surface area contributed by atoms with Crippen molar-refractivity contribution >= 4 is 30.1 Å². The first-order valence-corrected chi connectivity index (χ1v) is 9.80. The van der Waals surface area contributed by atoms with Gasteiger partial charge in [0.25, 0.3) is 0 Å². The zero-order valence-corrected chi connectivity index (χ0v) is 18.2. The second-order valence-corrected chi connectivity index (χ2v) is 6.64. The average Bonchev–Trinajstić information content (AvgIpc) is 3.16. The van der Waals surface area contributed by atoms with Crippen molar-refractivity contribution in [2.75, 3.05) is 0 Å². The van der Waals surface area contributed by atoms with Gasteiger partial charge in [0.2, 0.25) is 0 Å². The van der Waals surface area contributed by atoms with Gasteiger partial charge in [-0.05, 0) is 64.0 Å². The van der Waals surface area contributed by atoms with Crippen molar-refractivity contribution in [3.63, 3.8) is 0 Å². The molecule has 2 aromatic heterocycles. The van der Waals surface area contributed by atoms with Crippen LogP contribution in [-0.2, 0) is 0 Å². The third kappa shape index (κ3) is 3.95. The molecule has 150 valence electrons. The van der Waals surface area contributed by atoms with Gasteiger partial charge in [0.1, 0.15) is 5.84 Å². The number of aliphatic imine (C=N–C) groups is 1. The fourth-order valence-corrected chi connectivity index (χ4v) is 3.63. The molecule has 1 N–H and O–H groups in total. The number of nitrogens with one attached hydrogen (secondary N) is 1. The van der Waals surface area contributed by atoms with Gasteiger partial charge in [-0.3, -0.25) is 4.57 Å². The molecule has 0 radical (unpaired) electrons. The average molecular weight is 386 g/mol. The molecule has 0 saturated carbocycles. The lowest BCUT2D eigenvalue weighted by Gasteiger charge is -2.12. The Kier molecular flexibility index (Phi) is 7.38. The summed E-state index contributed by atoms with van der Waals surface area (Å²) in [5, 5.41) is 0. The molecule has 0 aromatic carbocycles. The van der Waals surface area contributed by atoms with Gasteiger partial charge in [0.15, 0.2) is 0 Å². The Morgan fingerprint density at radius 3 is 2.07 bits per heavy atom. The molecule has 2 rings (SSSR count). The second-order valence-electron chi connectivity index (χ2n) is 6.64. The SMILES string of the molecule is C=CC(=N/C=C\C)n1c(/C=C\C)c(C=C)c(C)c1-c1[nH]c(/C=C\C)c(C=C)c1C. The molecule has 0 amide bonds. The van der Waals surface area contributed by atoms with E-state index < -0.39 is 0 Å². The van der Waals surface area contributed by atoms with E-state index in [0.29, 0.717) is 0 Å². The van der Waals surface area contributed by atoms with Crippen molar-refractivity contribution in [1.82, 2.24) is 9.55 Å². The molecule has 3 heteroatoms. The van der Waals surface area contributed by atoms with Gasteiger partial charge in [-0.25, -0.2) is 4.99 Å². The molecule has 3 nitrogen and oxygen atoms in total. The van der Waals surface area contributed by atoms with Crippen LogP contribution in [0.25, 0.3) is 35.7 Å². The Bertz CT molecular complexity index is 1050. The van der Waals surface area contributed by atoms with Crippen LogP contribution in [0.4, 0.5) is 0 Å². The van der Waals surface area contributed by atoms with Crippen LogP contribution in [0.15, 0.2) is 55.2 Å². The first-order valence-electron chi connectivity index (χ1n) is 9.80. The largest absolute Gasteiger partial charge is 0.353 e. The van der Waals surface area contributed by atoms with Crippen LogP contribution in [0, 0.1) is 13.8 Å². The smallest absolute Gasteiger partial charge is 0.136 e. The highest BCUT2D eigenvalue weighted by Crippen LogP contribution is 2.37. The van der Waals surface area contributed by atoms with Crippen molar-refractivity contribution < 1.29 is 0 Å². The van der Waals surface area contributed by atoms with E-state index >= 15 is 0 Å². The maximum Gasteiger partial charge on any atom is 0.136 e. The van der Waals surface area contributed by atoms with Gasteiger partial charge in [-0.1, -0.05) is 50.1 Å². The third-order valence-electron chi connectivity index (χ3n) is 4.90. The van der Waals surface area contributed by atoms with Crippen LogP contribution >= 0.6 is 0 Å². The minimum absolute atomic E-state index is 0.754. The first kappa shape index (κ1) is 22.0. The van der Waals surface area contributed by atoms with E-state index in [1.807, 2.05) is 51.2 Å². The van der Waals surface area contributed by atoms with Crippen LogP contribution in [0.5, 0.6) is 0 Å². The molecule has 0 aliphatic carbocycles. The standard InChI is InChI=1S/C26H31N3/c1-9-15-22-20(12-4)18(7)25(28-22)26-19(8)21(13-5)23(16-10-2)29(26)24(14-6)27-17-11-3/h9-17,28H,4-6H2,1-3,7-8H3/b15-9-,16-10-,17-11-,27-24?. The van der Waals surface area contributed by atoms with E-state index in [2.05, 4.69) is 60.3 Å². The Morgan fingerprint density at radius 2 is 1.55 bits per heavy atom. The Morgan fingerprint density at radius 1 is 0.897 bits per heavy atom. The molecular weight excluding hydrogens is 354 g/mol. The van der Waals surface area contributed by atoms with Crippen LogP contribution in [0.3, 0.4) is 0 Å². The predicted octanol–water partition coefficient (Wildman–Crippen LogP) is 7.42. The third-order valence-corrected chi connectivity index (χ3v) is 4.90. The number of H-pyrrole nitrogens is 1. The summed E-state index contributed by atoms with van der Waals surface area (Å²) in [6.45, 7) is 22.3. The topological polar surface area (TPSA) is 33.1 Å². The molecule has 0 aliphatic heterocycles. The molecule has 0 bridgehead atoms. The van der Waals surface area contributed by atoms with Gasteiger partial charge in [-0.2, -0.15) is 0 Å². The van der Waals surface area contributed by atoms with Crippen molar-refractivity contribution in [2.24, 2.45) is 4.99 Å². The minimum Gasteiger partial charge on any atom is -0.353 e. The summed E-state index contributed by atoms with van der Waals surface area (Å²) in [6, 6.07) is 0. The maximum atomic E-state index is 4.63. The lowest BCUT2D eigenvalue weighted by molar-refractivity contribution is 1.12. The van der Waals surface area contributed by atoms with E-state index in [1.165, 1.54) is 0 Å². The molecule has 29 heavy (non-hydrogen) atoms. The lowest BCUT2D eigenvalue weighted by Crippen LogP contribution is -2.12. The van der Waals surface area contributed by atoms with Crippen molar-refractivity contribution in [2.45, 2.75) is 34.6 Å². The quantitative estimate of drug-likeness (QED) is 0.380. The Labute approximate surface area is 174 Å². The number of rotatable bonds is 7.